The van der Waals surface area contributed by atoms with Crippen LogP contribution in [0.15, 0.2) is 0 Å². The van der Waals surface area contributed by atoms with Crippen LogP contribution in [0.5, 0.6) is 0 Å². The average Bonchev–Trinajstić information content (AvgIpc) is 2.73. The van der Waals surface area contributed by atoms with Crippen LogP contribution in [-0.4, -0.2) is 34.1 Å². The number of hydrogen-bond donors (Lipinski definition) is 2. The van der Waals surface area contributed by atoms with Crippen molar-refractivity contribution in [1.82, 2.24) is 9.78 Å². The van der Waals surface area contributed by atoms with Crippen molar-refractivity contribution in [1.29, 1.82) is 5.26 Å². The Kier molecular flexibility index (Phi) is 4.27. The summed E-state index contributed by atoms with van der Waals surface area (Å²) in [5, 5.41) is 23.5. The fourth-order valence-electron chi connectivity index (χ4n) is 2.42. The highest BCUT2D eigenvalue weighted by atomic mass is 16.3. The zero-order valence-electron chi connectivity index (χ0n) is 11.3. The Bertz CT molecular complexity index is 476. The summed E-state index contributed by atoms with van der Waals surface area (Å²) in [5.74, 6) is 1.06. The van der Waals surface area contributed by atoms with Crippen LogP contribution in [0.1, 0.15) is 38.2 Å². The molecule has 1 fully saturated rings. The third kappa shape index (κ3) is 2.82. The number of nitrogens with zero attached hydrogens (tertiary/aromatic N) is 4. The lowest BCUT2D eigenvalue weighted by molar-refractivity contribution is 0.153. The van der Waals surface area contributed by atoms with Gasteiger partial charge in [-0.3, -0.25) is 0 Å². The van der Waals surface area contributed by atoms with E-state index in [0.717, 1.165) is 38.8 Å². The number of anilines is 2. The van der Waals surface area contributed by atoms with Crippen LogP contribution in [-0.2, 0) is 6.54 Å². The number of piperidine rings is 1. The Balaban J connectivity index is 2.26. The van der Waals surface area contributed by atoms with Gasteiger partial charge in [0.15, 0.2) is 5.82 Å². The lowest BCUT2D eigenvalue weighted by atomic mass is 10.1. The first-order chi connectivity index (χ1) is 9.17. The van der Waals surface area contributed by atoms with Crippen molar-refractivity contribution in [2.45, 2.75) is 45.3 Å². The van der Waals surface area contributed by atoms with Crippen molar-refractivity contribution in [2.24, 2.45) is 0 Å². The molecule has 0 radical (unpaired) electrons. The van der Waals surface area contributed by atoms with E-state index in [1.807, 2.05) is 4.90 Å². The van der Waals surface area contributed by atoms with E-state index in [-0.39, 0.29) is 6.10 Å². The van der Waals surface area contributed by atoms with E-state index in [1.165, 1.54) is 0 Å². The minimum absolute atomic E-state index is 0.345. The normalized spacial score (nSPS) is 19.4. The molecule has 1 unspecified atom stereocenters. The highest BCUT2D eigenvalue weighted by Gasteiger charge is 2.25. The lowest BCUT2D eigenvalue weighted by Crippen LogP contribution is -2.38. The predicted octanol–water partition coefficient (Wildman–Crippen LogP) is 1.10. The first kappa shape index (κ1) is 13.7. The van der Waals surface area contributed by atoms with E-state index in [9.17, 15) is 10.4 Å². The molecule has 104 valence electrons. The summed E-state index contributed by atoms with van der Waals surface area (Å²) in [6, 6.07) is 2.14. The van der Waals surface area contributed by atoms with E-state index >= 15 is 0 Å². The van der Waals surface area contributed by atoms with Gasteiger partial charge >= 0.3 is 0 Å². The van der Waals surface area contributed by atoms with Crippen molar-refractivity contribution < 1.29 is 5.11 Å². The highest BCUT2D eigenvalue weighted by Crippen LogP contribution is 2.27. The van der Waals surface area contributed by atoms with Crippen LogP contribution in [0.25, 0.3) is 0 Å². The van der Waals surface area contributed by atoms with Crippen molar-refractivity contribution in [2.75, 3.05) is 23.7 Å². The highest BCUT2D eigenvalue weighted by molar-refractivity contribution is 5.65. The van der Waals surface area contributed by atoms with Crippen LogP contribution in [0, 0.1) is 11.3 Å². The van der Waals surface area contributed by atoms with Crippen LogP contribution in [0.4, 0.5) is 11.6 Å². The van der Waals surface area contributed by atoms with E-state index in [4.69, 9.17) is 5.73 Å². The molecular formula is C13H21N5O. The Labute approximate surface area is 113 Å². The lowest BCUT2D eigenvalue weighted by Gasteiger charge is -2.30. The zero-order chi connectivity index (χ0) is 13.8. The van der Waals surface area contributed by atoms with Gasteiger partial charge in [0, 0.05) is 19.6 Å². The number of nitriles is 1. The van der Waals surface area contributed by atoms with Gasteiger partial charge in [-0.1, -0.05) is 13.3 Å². The summed E-state index contributed by atoms with van der Waals surface area (Å²) < 4.78 is 1.71. The molecule has 1 saturated heterocycles. The number of hydrogen-bond acceptors (Lipinski definition) is 5. The summed E-state index contributed by atoms with van der Waals surface area (Å²) >= 11 is 0. The molecule has 1 aliphatic heterocycles. The van der Waals surface area contributed by atoms with E-state index < -0.39 is 0 Å². The molecular weight excluding hydrogens is 242 g/mol. The van der Waals surface area contributed by atoms with E-state index in [1.54, 1.807) is 4.68 Å². The quantitative estimate of drug-likeness (QED) is 0.848. The number of nitrogens with two attached hydrogens (primary N) is 1. The molecule has 0 aliphatic carbocycles. The van der Waals surface area contributed by atoms with Gasteiger partial charge in [0.1, 0.15) is 17.5 Å². The topological polar surface area (TPSA) is 91.1 Å². The average molecular weight is 263 g/mol. The largest absolute Gasteiger partial charge is 0.391 e. The molecule has 0 aromatic carbocycles. The molecule has 2 heterocycles. The van der Waals surface area contributed by atoms with Crippen molar-refractivity contribution in [3.63, 3.8) is 0 Å². The molecule has 0 saturated carbocycles. The number of aliphatic hydroxyl groups is 1. The maximum atomic E-state index is 9.73. The number of aromatic nitrogens is 2. The maximum absolute atomic E-state index is 9.73. The maximum Gasteiger partial charge on any atom is 0.171 e. The second kappa shape index (κ2) is 5.93. The van der Waals surface area contributed by atoms with Crippen LogP contribution < -0.4 is 10.6 Å². The van der Waals surface area contributed by atoms with Gasteiger partial charge < -0.3 is 15.7 Å². The SMILES string of the molecule is CCCCn1nc(N2CCCC(O)C2)c(C#N)c1N. The molecule has 1 atom stereocenters. The number of aliphatic hydroxyl groups excluding tert-OH is 1. The molecule has 2 rings (SSSR count). The summed E-state index contributed by atoms with van der Waals surface area (Å²) in [6.07, 6.45) is 3.41. The van der Waals surface area contributed by atoms with Gasteiger partial charge in [-0.2, -0.15) is 10.4 Å². The summed E-state index contributed by atoms with van der Waals surface area (Å²) in [7, 11) is 0. The Morgan fingerprint density at radius 2 is 2.37 bits per heavy atom. The van der Waals surface area contributed by atoms with Crippen molar-refractivity contribution >= 4 is 11.6 Å². The minimum Gasteiger partial charge on any atom is -0.391 e. The summed E-state index contributed by atoms with van der Waals surface area (Å²) in [6.45, 7) is 4.18. The van der Waals surface area contributed by atoms with Crippen molar-refractivity contribution in [3.8, 4) is 6.07 Å². The number of rotatable bonds is 4. The number of nitrogen functional groups attached to an aromatic ring is 1. The molecule has 1 aromatic rings. The molecule has 0 spiro atoms. The smallest absolute Gasteiger partial charge is 0.171 e. The molecule has 1 aliphatic rings. The van der Waals surface area contributed by atoms with Crippen LogP contribution >= 0.6 is 0 Å². The number of aryl methyl sites for hydroxylation is 1. The van der Waals surface area contributed by atoms with Gasteiger partial charge in [0.05, 0.1) is 6.10 Å². The number of unbranched alkanes of at least 4 members (excludes halogenated alkanes) is 1. The van der Waals surface area contributed by atoms with Crippen molar-refractivity contribution in [3.05, 3.63) is 5.56 Å². The Morgan fingerprint density at radius 3 is 3.00 bits per heavy atom. The molecule has 3 N–H and O–H groups in total. The fourth-order valence-corrected chi connectivity index (χ4v) is 2.42. The van der Waals surface area contributed by atoms with Gasteiger partial charge in [0.25, 0.3) is 0 Å². The monoisotopic (exact) mass is 263 g/mol. The second-order valence-corrected chi connectivity index (χ2v) is 5.01. The van der Waals surface area contributed by atoms with Gasteiger partial charge in [-0.05, 0) is 19.3 Å². The van der Waals surface area contributed by atoms with Gasteiger partial charge in [-0.25, -0.2) is 4.68 Å². The molecule has 1 aromatic heterocycles. The summed E-state index contributed by atoms with van der Waals surface area (Å²) in [5.41, 5.74) is 6.42. The van der Waals surface area contributed by atoms with E-state index in [0.29, 0.717) is 23.7 Å². The number of β-amino-alcohol motifs (C(OH)–C–C–N with tert-alkyl or cyclic N) is 1. The van der Waals surface area contributed by atoms with Crippen LogP contribution in [0.2, 0.25) is 0 Å². The molecule has 0 bridgehead atoms. The first-order valence-electron chi connectivity index (χ1n) is 6.86. The predicted molar refractivity (Wildman–Crippen MR) is 73.7 cm³/mol. The second-order valence-electron chi connectivity index (χ2n) is 5.01. The summed E-state index contributed by atoms with van der Waals surface area (Å²) in [4.78, 5) is 1.96. The molecule has 0 amide bonds. The first-order valence-corrected chi connectivity index (χ1v) is 6.86. The van der Waals surface area contributed by atoms with Gasteiger partial charge in [-0.15, -0.1) is 0 Å². The zero-order valence-corrected chi connectivity index (χ0v) is 11.3. The van der Waals surface area contributed by atoms with E-state index in [2.05, 4.69) is 18.1 Å². The molecule has 6 heteroatoms. The molecule has 6 nitrogen and oxygen atoms in total. The molecule has 19 heavy (non-hydrogen) atoms. The third-order valence-corrected chi connectivity index (χ3v) is 3.50. The standard InChI is InChI=1S/C13H21N5O/c1-2-3-7-18-12(15)11(8-14)13(16-18)17-6-4-5-10(19)9-17/h10,19H,2-7,9,15H2,1H3. The third-order valence-electron chi connectivity index (χ3n) is 3.50. The van der Waals surface area contributed by atoms with Crippen LogP contribution in [0.3, 0.4) is 0 Å². The van der Waals surface area contributed by atoms with Gasteiger partial charge in [0.2, 0.25) is 0 Å². The fraction of sp³-hybridized carbons (Fsp3) is 0.692. The minimum atomic E-state index is -0.345. The Morgan fingerprint density at radius 1 is 1.58 bits per heavy atom. The Hall–Kier alpha value is -1.74.